The predicted octanol–water partition coefficient (Wildman–Crippen LogP) is 4.23. The van der Waals surface area contributed by atoms with E-state index in [2.05, 4.69) is 27.4 Å². The van der Waals surface area contributed by atoms with Gasteiger partial charge in [0.25, 0.3) is 5.56 Å². The summed E-state index contributed by atoms with van der Waals surface area (Å²) >= 11 is 0. The summed E-state index contributed by atoms with van der Waals surface area (Å²) in [5.41, 5.74) is 1.43. The van der Waals surface area contributed by atoms with Gasteiger partial charge in [-0.25, -0.2) is 0 Å². The van der Waals surface area contributed by atoms with E-state index in [1.165, 1.54) is 20.5 Å². The van der Waals surface area contributed by atoms with Crippen molar-refractivity contribution in [3.8, 4) is 5.75 Å². The van der Waals surface area contributed by atoms with Crippen LogP contribution in [-0.2, 0) is 20.7 Å². The molecule has 1 amide bonds. The van der Waals surface area contributed by atoms with Gasteiger partial charge in [-0.3, -0.25) is 9.59 Å². The van der Waals surface area contributed by atoms with Crippen LogP contribution in [0.15, 0.2) is 45.2 Å². The van der Waals surface area contributed by atoms with Crippen molar-refractivity contribution >= 4 is 22.9 Å². The number of H-pyrrole nitrogens is 1. The maximum Gasteiger partial charge on any atom is 0.261 e. The SMILES string of the molecule is C\C=C/C=C(OC)\C(=C\OC)c1c(CCCC)[nH]c(=O)c(C2=NN=C(CNC(=O)C(C)(C)C)C2)c1O. The van der Waals surface area contributed by atoms with E-state index >= 15 is 0 Å². The van der Waals surface area contributed by atoms with Gasteiger partial charge in [-0.05, 0) is 25.8 Å². The van der Waals surface area contributed by atoms with E-state index in [1.54, 1.807) is 6.08 Å². The van der Waals surface area contributed by atoms with Gasteiger partial charge in [0.05, 0.1) is 49.6 Å². The molecule has 2 rings (SSSR count). The maximum absolute atomic E-state index is 13.1. The number of methoxy groups -OCH3 is 2. The highest BCUT2D eigenvalue weighted by atomic mass is 16.5. The third-order valence-electron chi connectivity index (χ3n) is 5.58. The monoisotopic (exact) mass is 498 g/mol. The van der Waals surface area contributed by atoms with Crippen LogP contribution < -0.4 is 10.9 Å². The van der Waals surface area contributed by atoms with Gasteiger partial charge in [-0.1, -0.05) is 46.3 Å². The van der Waals surface area contributed by atoms with E-state index in [4.69, 9.17) is 9.47 Å². The molecule has 0 unspecified atom stereocenters. The second-order valence-corrected chi connectivity index (χ2v) is 9.49. The number of aromatic hydroxyl groups is 1. The number of hydrogen-bond donors (Lipinski definition) is 3. The van der Waals surface area contributed by atoms with Crippen LogP contribution in [0.1, 0.15) is 70.7 Å². The van der Waals surface area contributed by atoms with Crippen LogP contribution in [0, 0.1) is 5.41 Å². The molecule has 0 spiro atoms. The minimum absolute atomic E-state index is 0.0367. The molecule has 1 aromatic rings. The highest BCUT2D eigenvalue weighted by molar-refractivity contribution is 6.17. The summed E-state index contributed by atoms with van der Waals surface area (Å²) in [6.07, 6.45) is 9.38. The normalized spacial score (nSPS) is 14.6. The molecule has 0 bridgehead atoms. The lowest BCUT2D eigenvalue weighted by molar-refractivity contribution is -0.128. The van der Waals surface area contributed by atoms with E-state index in [1.807, 2.05) is 39.8 Å². The number of allylic oxidation sites excluding steroid dienone is 4. The topological polar surface area (TPSA) is 125 Å². The first kappa shape index (κ1) is 28.6. The number of aromatic amines is 1. The van der Waals surface area contributed by atoms with Gasteiger partial charge in [0.15, 0.2) is 0 Å². The summed E-state index contributed by atoms with van der Waals surface area (Å²) < 4.78 is 10.9. The van der Waals surface area contributed by atoms with Gasteiger partial charge >= 0.3 is 0 Å². The van der Waals surface area contributed by atoms with Crippen molar-refractivity contribution in [3.63, 3.8) is 0 Å². The van der Waals surface area contributed by atoms with Gasteiger partial charge < -0.3 is 24.9 Å². The van der Waals surface area contributed by atoms with Gasteiger partial charge in [-0.15, -0.1) is 0 Å². The minimum atomic E-state index is -0.537. The Labute approximate surface area is 212 Å². The van der Waals surface area contributed by atoms with E-state index in [0.29, 0.717) is 40.4 Å². The van der Waals surface area contributed by atoms with Crippen molar-refractivity contribution in [3.05, 3.63) is 57.4 Å². The molecule has 0 saturated heterocycles. The first-order valence-corrected chi connectivity index (χ1v) is 12.1. The van der Waals surface area contributed by atoms with Crippen LogP contribution in [-0.4, -0.2) is 48.2 Å². The quantitative estimate of drug-likeness (QED) is 0.311. The van der Waals surface area contributed by atoms with E-state index in [-0.39, 0.29) is 30.2 Å². The van der Waals surface area contributed by atoms with Gasteiger partial charge in [0, 0.05) is 17.5 Å². The van der Waals surface area contributed by atoms with Crippen molar-refractivity contribution in [1.29, 1.82) is 0 Å². The number of nitrogens with one attached hydrogen (secondary N) is 2. The molecule has 1 aliphatic heterocycles. The van der Waals surface area contributed by atoms with Gasteiger partial charge in [0.2, 0.25) is 5.91 Å². The number of nitrogens with zero attached hydrogens (tertiary/aromatic N) is 2. The Bertz CT molecular complexity index is 1160. The largest absolute Gasteiger partial charge is 0.506 e. The average Bonchev–Trinajstić information content (AvgIpc) is 3.28. The lowest BCUT2D eigenvalue weighted by atomic mass is 9.94. The zero-order chi connectivity index (χ0) is 26.9. The van der Waals surface area contributed by atoms with Gasteiger partial charge in [0.1, 0.15) is 17.1 Å². The van der Waals surface area contributed by atoms with E-state index in [9.17, 15) is 14.7 Å². The highest BCUT2D eigenvalue weighted by Gasteiger charge is 2.28. The molecule has 9 nitrogen and oxygen atoms in total. The Morgan fingerprint density at radius 3 is 2.56 bits per heavy atom. The molecular weight excluding hydrogens is 460 g/mol. The molecule has 0 fully saturated rings. The molecule has 0 atom stereocenters. The summed E-state index contributed by atoms with van der Waals surface area (Å²) in [5.74, 6) is 0.123. The molecule has 0 radical (unpaired) electrons. The predicted molar refractivity (Wildman–Crippen MR) is 143 cm³/mol. The van der Waals surface area contributed by atoms with Crippen molar-refractivity contribution < 1.29 is 19.4 Å². The summed E-state index contributed by atoms with van der Waals surface area (Å²) in [6.45, 7) is 9.61. The molecule has 1 aromatic heterocycles. The number of pyridine rings is 1. The number of carbonyl (C=O) groups is 1. The summed E-state index contributed by atoms with van der Waals surface area (Å²) in [5, 5.41) is 22.6. The number of carbonyl (C=O) groups excluding carboxylic acids is 1. The molecule has 196 valence electrons. The molecule has 3 N–H and O–H groups in total. The number of aryl methyl sites for hydroxylation is 1. The summed E-state index contributed by atoms with van der Waals surface area (Å²) in [7, 11) is 3.03. The second kappa shape index (κ2) is 12.9. The molecule has 9 heteroatoms. The second-order valence-electron chi connectivity index (χ2n) is 9.49. The van der Waals surface area contributed by atoms with Crippen LogP contribution >= 0.6 is 0 Å². The van der Waals surface area contributed by atoms with Crippen molar-refractivity contribution in [1.82, 2.24) is 10.3 Å². The average molecular weight is 499 g/mol. The molecule has 36 heavy (non-hydrogen) atoms. The van der Waals surface area contributed by atoms with E-state index in [0.717, 1.165) is 12.8 Å². The highest BCUT2D eigenvalue weighted by Crippen LogP contribution is 2.36. The summed E-state index contributed by atoms with van der Waals surface area (Å²) in [4.78, 5) is 28.3. The van der Waals surface area contributed by atoms with Crippen molar-refractivity contribution in [2.75, 3.05) is 20.8 Å². The zero-order valence-electron chi connectivity index (χ0n) is 22.3. The first-order chi connectivity index (χ1) is 17.1. The summed E-state index contributed by atoms with van der Waals surface area (Å²) in [6, 6.07) is 0. The lowest BCUT2D eigenvalue weighted by Crippen LogP contribution is -2.38. The third-order valence-corrected chi connectivity index (χ3v) is 5.58. The lowest BCUT2D eigenvalue weighted by Gasteiger charge is -2.18. The van der Waals surface area contributed by atoms with Crippen LogP contribution in [0.25, 0.3) is 5.57 Å². The molecule has 0 aliphatic carbocycles. The van der Waals surface area contributed by atoms with Crippen LogP contribution in [0.4, 0.5) is 0 Å². The molecule has 1 aliphatic rings. The van der Waals surface area contributed by atoms with Crippen LogP contribution in [0.5, 0.6) is 5.75 Å². The fourth-order valence-corrected chi connectivity index (χ4v) is 3.62. The van der Waals surface area contributed by atoms with Crippen LogP contribution in [0.2, 0.25) is 0 Å². The Kier molecular flexibility index (Phi) is 10.3. The van der Waals surface area contributed by atoms with E-state index < -0.39 is 11.0 Å². The standard InChI is InChI=1S/C27H38N4O5/c1-8-10-12-19-22(18(16-35-6)21(36-7)13-11-9-2)24(32)23(25(33)29-19)20-14-17(30-31-20)15-28-26(34)27(3,4)5/h9,11,13,16H,8,10,12,14-15H2,1-7H3,(H,28,34)(H2,29,32,33)/b11-9-,18-16-,21-13+. The zero-order valence-corrected chi connectivity index (χ0v) is 22.3. The Morgan fingerprint density at radius 2 is 1.97 bits per heavy atom. The van der Waals surface area contributed by atoms with Crippen molar-refractivity contribution in [2.24, 2.45) is 15.6 Å². The first-order valence-electron chi connectivity index (χ1n) is 12.1. The van der Waals surface area contributed by atoms with Gasteiger partial charge in [-0.2, -0.15) is 10.2 Å². The third kappa shape index (κ3) is 6.96. The Morgan fingerprint density at radius 1 is 1.25 bits per heavy atom. The fraction of sp³-hybridized carbons (Fsp3) is 0.481. The van der Waals surface area contributed by atoms with Crippen molar-refractivity contribution in [2.45, 2.75) is 60.3 Å². The number of ether oxygens (including phenoxy) is 2. The number of hydrogen-bond acceptors (Lipinski definition) is 7. The Hall–Kier alpha value is -3.62. The number of rotatable bonds is 11. The molecule has 0 saturated carbocycles. The minimum Gasteiger partial charge on any atom is -0.506 e. The smallest absolute Gasteiger partial charge is 0.261 e. The number of aromatic nitrogens is 1. The molecule has 0 aromatic carbocycles. The Balaban J connectivity index is 2.53. The number of amides is 1. The fourth-order valence-electron chi connectivity index (χ4n) is 3.62. The van der Waals surface area contributed by atoms with Crippen LogP contribution in [0.3, 0.4) is 0 Å². The number of unbranched alkanes of at least 4 members (excludes halogenated alkanes) is 1. The maximum atomic E-state index is 13.1. The molecular formula is C27H38N4O5. The molecule has 2 heterocycles.